The van der Waals surface area contributed by atoms with Crippen molar-refractivity contribution >= 4 is 49.1 Å². The Bertz CT molecular complexity index is 2020. The fourth-order valence-corrected chi connectivity index (χ4v) is 8.80. The van der Waals surface area contributed by atoms with Gasteiger partial charge < -0.3 is 20.3 Å². The molecule has 3 aliphatic rings. The maximum Gasteiger partial charge on any atom is 0.417 e. The third-order valence-corrected chi connectivity index (χ3v) is 11.2. The number of hydrogen-bond donors (Lipinski definition) is 1. The number of ether oxygens (including phenoxy) is 1. The van der Waals surface area contributed by atoms with Crippen LogP contribution in [0, 0.1) is 23.0 Å². The number of alkyl halides is 4. The highest BCUT2D eigenvalue weighted by atomic mass is 32.1. The van der Waals surface area contributed by atoms with E-state index in [1.807, 2.05) is 6.92 Å². The van der Waals surface area contributed by atoms with Crippen molar-refractivity contribution in [3.05, 3.63) is 41.0 Å². The number of methoxy groups -OCH3 is 1. The first-order valence-corrected chi connectivity index (χ1v) is 17.5. The first-order valence-electron chi connectivity index (χ1n) is 16.7. The third-order valence-electron chi connectivity index (χ3n) is 10.2. The van der Waals surface area contributed by atoms with Crippen molar-refractivity contribution in [1.82, 2.24) is 19.8 Å². The normalized spacial score (nSPS) is 21.9. The van der Waals surface area contributed by atoms with E-state index >= 15 is 4.39 Å². The van der Waals surface area contributed by atoms with Gasteiger partial charge in [-0.3, -0.25) is 9.69 Å². The number of benzene rings is 2. The van der Waals surface area contributed by atoms with Gasteiger partial charge in [0.05, 0.1) is 29.0 Å². The monoisotopic (exact) mass is 733 g/mol. The number of rotatable bonds is 5. The van der Waals surface area contributed by atoms with E-state index < -0.39 is 40.6 Å². The summed E-state index contributed by atoms with van der Waals surface area (Å²) in [7, 11) is 1.25. The molecule has 0 aliphatic carbocycles. The molecule has 2 N–H and O–H groups in total. The van der Waals surface area contributed by atoms with Gasteiger partial charge in [0.15, 0.2) is 5.82 Å². The van der Waals surface area contributed by atoms with E-state index in [4.69, 9.17) is 10.5 Å². The number of carbonyl (C=O) groups excluding carboxylic acids is 1. The average Bonchev–Trinajstić information content (AvgIpc) is 3.85. The van der Waals surface area contributed by atoms with Gasteiger partial charge in [0, 0.05) is 55.0 Å². The molecule has 0 spiro atoms. The second kappa shape index (κ2) is 14.0. The summed E-state index contributed by atoms with van der Waals surface area (Å²) in [5, 5.41) is 9.13. The van der Waals surface area contributed by atoms with Crippen LogP contribution >= 0.6 is 11.3 Å². The Balaban J connectivity index is 0.000000428. The number of nitrogens with two attached hydrogens (primary N) is 1. The van der Waals surface area contributed by atoms with Gasteiger partial charge in [-0.05, 0) is 63.8 Å². The van der Waals surface area contributed by atoms with Gasteiger partial charge in [0.1, 0.15) is 34.4 Å². The number of carbonyl (C=O) groups is 1. The Morgan fingerprint density at radius 3 is 2.57 bits per heavy atom. The predicted octanol–water partition coefficient (Wildman–Crippen LogP) is 7.30. The molecular formula is C35H37F6N7O2S. The average molecular weight is 734 g/mol. The quantitative estimate of drug-likeness (QED) is 0.213. The summed E-state index contributed by atoms with van der Waals surface area (Å²) in [5.41, 5.74) is 2.57. The predicted molar refractivity (Wildman–Crippen MR) is 183 cm³/mol. The van der Waals surface area contributed by atoms with Crippen LogP contribution in [-0.4, -0.2) is 83.3 Å². The molecule has 4 unspecified atom stereocenters. The van der Waals surface area contributed by atoms with E-state index in [9.17, 15) is 32.0 Å². The van der Waals surface area contributed by atoms with Crippen molar-refractivity contribution in [3.8, 4) is 23.2 Å². The summed E-state index contributed by atoms with van der Waals surface area (Å²) in [6.07, 6.45) is -1.74. The summed E-state index contributed by atoms with van der Waals surface area (Å²) in [5.74, 6) is -2.28. The number of thiophene rings is 1. The largest absolute Gasteiger partial charge is 0.467 e. The van der Waals surface area contributed by atoms with Gasteiger partial charge in [-0.25, -0.2) is 13.2 Å². The Labute approximate surface area is 294 Å². The SMILES string of the molecule is CCN(c1nc(OC)nc2c(F)c(-c3ccc(F)c4sc(N)c(C#N)c34)c(C(F)(F)F)cc12)C1CCN(C(C)=O)C1C.FC1CC2CCCN2C1. The number of nitriles is 1. The molecule has 7 rings (SSSR count). The summed E-state index contributed by atoms with van der Waals surface area (Å²) in [6.45, 7) is 7.63. The first-order chi connectivity index (χ1) is 24.2. The van der Waals surface area contributed by atoms with Gasteiger partial charge in [0.2, 0.25) is 5.91 Å². The Hall–Kier alpha value is -4.36. The molecule has 0 radical (unpaired) electrons. The molecule has 272 valence electrons. The highest BCUT2D eigenvalue weighted by Crippen LogP contribution is 2.48. The van der Waals surface area contributed by atoms with Crippen LogP contribution in [0.2, 0.25) is 0 Å². The number of nitrogens with zero attached hydrogens (tertiary/aromatic N) is 6. The van der Waals surface area contributed by atoms with Crippen LogP contribution in [0.15, 0.2) is 18.2 Å². The smallest absolute Gasteiger partial charge is 0.417 e. The van der Waals surface area contributed by atoms with Crippen LogP contribution in [0.25, 0.3) is 32.1 Å². The Morgan fingerprint density at radius 2 is 1.96 bits per heavy atom. The molecule has 3 aliphatic heterocycles. The highest BCUT2D eigenvalue weighted by molar-refractivity contribution is 7.23. The Morgan fingerprint density at radius 1 is 1.22 bits per heavy atom. The second-order valence-corrected chi connectivity index (χ2v) is 14.1. The zero-order chi connectivity index (χ0) is 36.9. The standard InChI is InChI=1S/C28H25F5N6O2S.C7H12FN/c1-5-38(19-8-9-39(12(19)2)13(3)40)26-15-10-17(28(31,32)33)21(22(30)23(15)36-27(37-26)41-4)14-6-7-18(29)24-20(14)16(11-34)25(35)42-24;8-6-4-7-2-1-3-9(7)5-6/h6-7,10,12,19H,5,8-9,35H2,1-4H3;6-7H,1-5H2. The molecule has 9 nitrogen and oxygen atoms in total. The van der Waals surface area contributed by atoms with E-state index in [0.717, 1.165) is 31.2 Å². The summed E-state index contributed by atoms with van der Waals surface area (Å²) in [6, 6.07) is 4.18. The fourth-order valence-electron chi connectivity index (χ4n) is 7.85. The minimum Gasteiger partial charge on any atom is -0.467 e. The van der Waals surface area contributed by atoms with Gasteiger partial charge in [-0.1, -0.05) is 6.07 Å². The topological polar surface area (TPSA) is 112 Å². The number of hydrogen-bond acceptors (Lipinski definition) is 9. The third kappa shape index (κ3) is 6.50. The molecule has 4 atom stereocenters. The highest BCUT2D eigenvalue weighted by Gasteiger charge is 2.41. The molecule has 51 heavy (non-hydrogen) atoms. The van der Waals surface area contributed by atoms with Crippen molar-refractivity contribution in [3.63, 3.8) is 0 Å². The molecule has 5 heterocycles. The van der Waals surface area contributed by atoms with Gasteiger partial charge in [0.25, 0.3) is 0 Å². The van der Waals surface area contributed by atoms with E-state index in [2.05, 4.69) is 14.9 Å². The van der Waals surface area contributed by atoms with E-state index in [1.165, 1.54) is 26.9 Å². The minimum absolute atomic E-state index is 0.0132. The molecular weight excluding hydrogens is 696 g/mol. The van der Waals surface area contributed by atoms with Crippen LogP contribution in [0.3, 0.4) is 0 Å². The molecule has 0 bridgehead atoms. The number of amides is 1. The fraction of sp³-hybridized carbons (Fsp3) is 0.486. The summed E-state index contributed by atoms with van der Waals surface area (Å²) in [4.78, 5) is 26.2. The molecule has 1 amide bonds. The molecule has 0 saturated carbocycles. The van der Waals surface area contributed by atoms with Gasteiger partial charge in [-0.2, -0.15) is 28.4 Å². The van der Waals surface area contributed by atoms with Crippen LogP contribution in [0.5, 0.6) is 6.01 Å². The zero-order valence-electron chi connectivity index (χ0n) is 28.5. The lowest BCUT2D eigenvalue weighted by atomic mass is 9.92. The van der Waals surface area contributed by atoms with Crippen molar-refractivity contribution in [2.45, 2.75) is 76.9 Å². The Kier molecular flexibility index (Phi) is 9.99. The minimum atomic E-state index is -5.07. The summed E-state index contributed by atoms with van der Waals surface area (Å²) < 4.78 is 93.1. The second-order valence-electron chi connectivity index (χ2n) is 13.0. The van der Waals surface area contributed by atoms with Crippen LogP contribution in [0.1, 0.15) is 57.6 Å². The van der Waals surface area contributed by atoms with Crippen molar-refractivity contribution < 1.29 is 35.9 Å². The molecule has 3 fully saturated rings. The number of fused-ring (bicyclic) bond motifs is 3. The lowest BCUT2D eigenvalue weighted by Gasteiger charge is -2.34. The molecule has 2 aromatic carbocycles. The van der Waals surface area contributed by atoms with Gasteiger partial charge >= 0.3 is 12.2 Å². The molecule has 2 aromatic heterocycles. The maximum atomic E-state index is 16.6. The summed E-state index contributed by atoms with van der Waals surface area (Å²) >= 11 is 0.690. The first kappa shape index (κ1) is 36.4. The van der Waals surface area contributed by atoms with Crippen molar-refractivity contribution in [2.75, 3.05) is 43.9 Å². The van der Waals surface area contributed by atoms with Crippen LogP contribution < -0.4 is 15.4 Å². The number of aromatic nitrogens is 2. The maximum absolute atomic E-state index is 16.6. The number of halogens is 6. The van der Waals surface area contributed by atoms with Crippen LogP contribution in [-0.2, 0) is 11.0 Å². The zero-order valence-corrected chi connectivity index (χ0v) is 29.3. The molecule has 3 saturated heterocycles. The lowest BCUT2D eigenvalue weighted by molar-refractivity contribution is -0.137. The number of anilines is 2. The van der Waals surface area contributed by atoms with E-state index in [-0.39, 0.29) is 68.0 Å². The van der Waals surface area contributed by atoms with Crippen molar-refractivity contribution in [1.29, 1.82) is 5.26 Å². The van der Waals surface area contributed by atoms with E-state index in [1.54, 1.807) is 22.8 Å². The van der Waals surface area contributed by atoms with E-state index in [0.29, 0.717) is 36.9 Å². The lowest BCUT2D eigenvalue weighted by Crippen LogP contribution is -2.45. The number of nitrogen functional groups attached to an aromatic ring is 1. The van der Waals surface area contributed by atoms with Crippen molar-refractivity contribution in [2.24, 2.45) is 0 Å². The molecule has 4 aromatic rings. The van der Waals surface area contributed by atoms with Crippen LogP contribution in [0.4, 0.5) is 37.2 Å². The van der Waals surface area contributed by atoms with Gasteiger partial charge in [-0.15, -0.1) is 11.3 Å². The number of likely N-dealkylation sites (N-methyl/N-ethyl adjacent to an activating group) is 1. The molecule has 16 heteroatoms. The number of likely N-dealkylation sites (tertiary alicyclic amines) is 1.